The van der Waals surface area contributed by atoms with Gasteiger partial charge in [0.2, 0.25) is 0 Å². The van der Waals surface area contributed by atoms with E-state index in [2.05, 4.69) is 35.3 Å². The SMILES string of the molecule is CNCc1ccc(N2CCCCC2CO)cc1C. The molecule has 100 valence electrons. The number of nitrogens with zero attached hydrogens (tertiary/aromatic N) is 1. The number of piperidine rings is 1. The molecule has 1 aliphatic rings. The maximum absolute atomic E-state index is 9.48. The van der Waals surface area contributed by atoms with Crippen LogP contribution in [-0.2, 0) is 6.54 Å². The third kappa shape index (κ3) is 2.85. The van der Waals surface area contributed by atoms with E-state index in [0.717, 1.165) is 19.5 Å². The highest BCUT2D eigenvalue weighted by atomic mass is 16.3. The first kappa shape index (κ1) is 13.4. The number of hydrogen-bond donors (Lipinski definition) is 2. The van der Waals surface area contributed by atoms with E-state index in [1.165, 1.54) is 29.7 Å². The standard InChI is InChI=1S/C15H24N2O/c1-12-9-14(7-6-13(12)10-16-2)17-8-4-3-5-15(17)11-18/h6-7,9,15-16,18H,3-5,8,10-11H2,1-2H3. The number of aryl methyl sites for hydroxylation is 1. The summed E-state index contributed by atoms with van der Waals surface area (Å²) in [5, 5.41) is 12.7. The van der Waals surface area contributed by atoms with Gasteiger partial charge in [-0.1, -0.05) is 6.07 Å². The van der Waals surface area contributed by atoms with E-state index in [1.54, 1.807) is 0 Å². The van der Waals surface area contributed by atoms with Gasteiger partial charge >= 0.3 is 0 Å². The number of nitrogens with one attached hydrogen (secondary N) is 1. The van der Waals surface area contributed by atoms with Crippen molar-refractivity contribution in [3.8, 4) is 0 Å². The summed E-state index contributed by atoms with van der Waals surface area (Å²) >= 11 is 0. The maximum Gasteiger partial charge on any atom is 0.0635 e. The fraction of sp³-hybridized carbons (Fsp3) is 0.600. The highest BCUT2D eigenvalue weighted by Gasteiger charge is 2.21. The largest absolute Gasteiger partial charge is 0.394 e. The summed E-state index contributed by atoms with van der Waals surface area (Å²) < 4.78 is 0. The first-order valence-electron chi connectivity index (χ1n) is 6.88. The molecule has 2 rings (SSSR count). The van der Waals surface area contributed by atoms with Crippen molar-refractivity contribution in [3.05, 3.63) is 29.3 Å². The first-order valence-corrected chi connectivity index (χ1v) is 6.88. The smallest absolute Gasteiger partial charge is 0.0635 e. The van der Waals surface area contributed by atoms with Crippen LogP contribution in [0.3, 0.4) is 0 Å². The Morgan fingerprint density at radius 1 is 1.39 bits per heavy atom. The second-order valence-corrected chi connectivity index (χ2v) is 5.17. The van der Waals surface area contributed by atoms with Crippen LogP contribution in [0.4, 0.5) is 5.69 Å². The molecule has 0 saturated carbocycles. The van der Waals surface area contributed by atoms with Crippen LogP contribution in [0, 0.1) is 6.92 Å². The predicted molar refractivity (Wildman–Crippen MR) is 76.0 cm³/mol. The Morgan fingerprint density at radius 3 is 2.89 bits per heavy atom. The Balaban J connectivity index is 2.19. The van der Waals surface area contributed by atoms with E-state index in [0.29, 0.717) is 6.04 Å². The molecule has 1 fully saturated rings. The Labute approximate surface area is 110 Å². The molecule has 0 spiro atoms. The average Bonchev–Trinajstić information content (AvgIpc) is 2.41. The van der Waals surface area contributed by atoms with E-state index in [4.69, 9.17) is 0 Å². The minimum absolute atomic E-state index is 0.261. The zero-order valence-electron chi connectivity index (χ0n) is 11.4. The van der Waals surface area contributed by atoms with Crippen LogP contribution in [0.2, 0.25) is 0 Å². The Morgan fingerprint density at radius 2 is 2.22 bits per heavy atom. The van der Waals surface area contributed by atoms with Gasteiger partial charge in [0.1, 0.15) is 0 Å². The summed E-state index contributed by atoms with van der Waals surface area (Å²) in [6.07, 6.45) is 3.57. The minimum atomic E-state index is 0.261. The van der Waals surface area contributed by atoms with E-state index in [9.17, 15) is 5.11 Å². The second-order valence-electron chi connectivity index (χ2n) is 5.17. The fourth-order valence-electron chi connectivity index (χ4n) is 2.78. The molecule has 0 amide bonds. The lowest BCUT2D eigenvalue weighted by atomic mass is 10.0. The zero-order chi connectivity index (χ0) is 13.0. The van der Waals surface area contributed by atoms with Crippen molar-refractivity contribution in [2.24, 2.45) is 0 Å². The molecule has 2 N–H and O–H groups in total. The first-order chi connectivity index (χ1) is 8.76. The molecule has 1 heterocycles. The molecule has 3 nitrogen and oxygen atoms in total. The van der Waals surface area contributed by atoms with Gasteiger partial charge in [-0.25, -0.2) is 0 Å². The molecule has 1 atom stereocenters. The molecular weight excluding hydrogens is 224 g/mol. The molecule has 1 saturated heterocycles. The monoisotopic (exact) mass is 248 g/mol. The molecule has 1 unspecified atom stereocenters. The molecule has 18 heavy (non-hydrogen) atoms. The van der Waals surface area contributed by atoms with Crippen LogP contribution >= 0.6 is 0 Å². The van der Waals surface area contributed by atoms with Gasteiger partial charge in [-0.05, 0) is 56.5 Å². The van der Waals surface area contributed by atoms with Crippen LogP contribution in [0.15, 0.2) is 18.2 Å². The molecule has 1 aliphatic heterocycles. The summed E-state index contributed by atoms with van der Waals surface area (Å²) in [6.45, 7) is 4.40. The van der Waals surface area contributed by atoms with Gasteiger partial charge in [0, 0.05) is 18.8 Å². The van der Waals surface area contributed by atoms with Gasteiger partial charge in [0.15, 0.2) is 0 Å². The van der Waals surface area contributed by atoms with Crippen LogP contribution in [0.25, 0.3) is 0 Å². The van der Waals surface area contributed by atoms with E-state index < -0.39 is 0 Å². The number of hydrogen-bond acceptors (Lipinski definition) is 3. The number of anilines is 1. The molecule has 1 aromatic carbocycles. The highest BCUT2D eigenvalue weighted by Crippen LogP contribution is 2.26. The van der Waals surface area contributed by atoms with Gasteiger partial charge in [0.25, 0.3) is 0 Å². The summed E-state index contributed by atoms with van der Waals surface area (Å²) in [7, 11) is 1.97. The maximum atomic E-state index is 9.48. The Bertz CT molecular complexity index is 392. The van der Waals surface area contributed by atoms with E-state index in [-0.39, 0.29) is 6.61 Å². The molecule has 0 bridgehead atoms. The van der Waals surface area contributed by atoms with Gasteiger partial charge in [0.05, 0.1) is 12.6 Å². The normalized spacial score (nSPS) is 20.2. The van der Waals surface area contributed by atoms with Gasteiger partial charge < -0.3 is 15.3 Å². The number of rotatable bonds is 4. The van der Waals surface area contributed by atoms with Crippen molar-refractivity contribution in [1.82, 2.24) is 5.32 Å². The quantitative estimate of drug-likeness (QED) is 0.856. The van der Waals surface area contributed by atoms with Crippen molar-refractivity contribution < 1.29 is 5.11 Å². The van der Waals surface area contributed by atoms with E-state index >= 15 is 0 Å². The van der Waals surface area contributed by atoms with Gasteiger partial charge in [-0.15, -0.1) is 0 Å². The molecule has 0 aromatic heterocycles. The lowest BCUT2D eigenvalue weighted by Crippen LogP contribution is -2.41. The Hall–Kier alpha value is -1.06. The summed E-state index contributed by atoms with van der Waals surface area (Å²) in [4.78, 5) is 2.36. The van der Waals surface area contributed by atoms with Crippen LogP contribution < -0.4 is 10.2 Å². The number of aliphatic hydroxyl groups is 1. The van der Waals surface area contributed by atoms with Crippen LogP contribution in [0.5, 0.6) is 0 Å². The van der Waals surface area contributed by atoms with Crippen molar-refractivity contribution in [2.45, 2.75) is 38.8 Å². The van der Waals surface area contributed by atoms with E-state index in [1.807, 2.05) is 7.05 Å². The average molecular weight is 248 g/mol. The molecular formula is C15H24N2O. The van der Waals surface area contributed by atoms with Crippen LogP contribution in [-0.4, -0.2) is 31.3 Å². The summed E-state index contributed by atoms with van der Waals surface area (Å²) in [6, 6.07) is 6.94. The van der Waals surface area contributed by atoms with Crippen molar-refractivity contribution in [3.63, 3.8) is 0 Å². The van der Waals surface area contributed by atoms with Gasteiger partial charge in [-0.2, -0.15) is 0 Å². The molecule has 0 aliphatic carbocycles. The lowest BCUT2D eigenvalue weighted by molar-refractivity contribution is 0.240. The van der Waals surface area contributed by atoms with Crippen molar-refractivity contribution in [2.75, 3.05) is 25.1 Å². The summed E-state index contributed by atoms with van der Waals surface area (Å²) in [5.41, 5.74) is 3.93. The summed E-state index contributed by atoms with van der Waals surface area (Å²) in [5.74, 6) is 0. The minimum Gasteiger partial charge on any atom is -0.394 e. The number of benzene rings is 1. The number of aliphatic hydroxyl groups excluding tert-OH is 1. The van der Waals surface area contributed by atoms with Crippen LogP contribution in [0.1, 0.15) is 30.4 Å². The predicted octanol–water partition coefficient (Wildman–Crippen LogP) is 2.07. The van der Waals surface area contributed by atoms with Crippen molar-refractivity contribution in [1.29, 1.82) is 0 Å². The lowest BCUT2D eigenvalue weighted by Gasteiger charge is -2.36. The molecule has 1 aromatic rings. The zero-order valence-corrected chi connectivity index (χ0v) is 11.4. The van der Waals surface area contributed by atoms with Gasteiger partial charge in [-0.3, -0.25) is 0 Å². The topological polar surface area (TPSA) is 35.5 Å². The third-order valence-electron chi connectivity index (χ3n) is 3.86. The third-order valence-corrected chi connectivity index (χ3v) is 3.86. The molecule has 3 heteroatoms. The Kier molecular flexibility index (Phi) is 4.61. The molecule has 0 radical (unpaired) electrons. The second kappa shape index (κ2) is 6.21. The highest BCUT2D eigenvalue weighted by molar-refractivity contribution is 5.52. The van der Waals surface area contributed by atoms with Crippen molar-refractivity contribution >= 4 is 5.69 Å². The fourth-order valence-corrected chi connectivity index (χ4v) is 2.78.